The summed E-state index contributed by atoms with van der Waals surface area (Å²) >= 11 is 0. The normalized spacial score (nSPS) is 10.3. The number of ketones is 1. The molecule has 1 amide bonds. The van der Waals surface area contributed by atoms with Gasteiger partial charge in [-0.3, -0.25) is 9.59 Å². The second-order valence-corrected chi connectivity index (χ2v) is 6.04. The summed E-state index contributed by atoms with van der Waals surface area (Å²) in [6.45, 7) is 1.52. The minimum atomic E-state index is -0.331. The van der Waals surface area contributed by atoms with Gasteiger partial charge < -0.3 is 10.6 Å². The van der Waals surface area contributed by atoms with E-state index in [2.05, 4.69) is 15.6 Å². The van der Waals surface area contributed by atoms with Gasteiger partial charge in [0, 0.05) is 11.3 Å². The number of nitrogens with zero attached hydrogens (tertiary/aromatic N) is 1. The maximum atomic E-state index is 12.9. The molecule has 0 atom stereocenters. The Morgan fingerprint density at radius 3 is 2.19 bits per heavy atom. The van der Waals surface area contributed by atoms with Crippen molar-refractivity contribution in [2.24, 2.45) is 0 Å². The van der Waals surface area contributed by atoms with Gasteiger partial charge in [-0.25, -0.2) is 9.37 Å². The van der Waals surface area contributed by atoms with Gasteiger partial charge in [-0.1, -0.05) is 12.1 Å². The fourth-order valence-corrected chi connectivity index (χ4v) is 2.47. The zero-order valence-electron chi connectivity index (χ0n) is 14.7. The highest BCUT2D eigenvalue weighted by atomic mass is 19.1. The number of hydrogen-bond donors (Lipinski definition) is 2. The van der Waals surface area contributed by atoms with Crippen molar-refractivity contribution in [2.75, 3.05) is 10.6 Å². The molecule has 0 spiro atoms. The van der Waals surface area contributed by atoms with Crippen LogP contribution in [0.3, 0.4) is 0 Å². The Hall–Kier alpha value is -3.54. The average Bonchev–Trinajstić information content (AvgIpc) is 2.66. The molecular formula is C21H18FN3O2. The highest BCUT2D eigenvalue weighted by Gasteiger charge is 2.05. The van der Waals surface area contributed by atoms with Crippen LogP contribution in [-0.2, 0) is 11.2 Å². The van der Waals surface area contributed by atoms with Crippen LogP contribution >= 0.6 is 0 Å². The zero-order chi connectivity index (χ0) is 19.2. The molecule has 6 heteroatoms. The average molecular weight is 363 g/mol. The van der Waals surface area contributed by atoms with Crippen LogP contribution in [0.25, 0.3) is 0 Å². The van der Waals surface area contributed by atoms with Gasteiger partial charge in [-0.2, -0.15) is 0 Å². The summed E-state index contributed by atoms with van der Waals surface area (Å²) < 4.78 is 12.9. The van der Waals surface area contributed by atoms with Crippen molar-refractivity contribution in [2.45, 2.75) is 13.3 Å². The summed E-state index contributed by atoms with van der Waals surface area (Å²) in [5, 5.41) is 5.88. The Balaban J connectivity index is 1.57. The Morgan fingerprint density at radius 1 is 0.926 bits per heavy atom. The zero-order valence-corrected chi connectivity index (χ0v) is 14.7. The first kappa shape index (κ1) is 18.3. The van der Waals surface area contributed by atoms with Gasteiger partial charge in [0.25, 0.3) is 0 Å². The van der Waals surface area contributed by atoms with Crippen LogP contribution in [0.1, 0.15) is 22.8 Å². The van der Waals surface area contributed by atoms with Crippen LogP contribution in [0.5, 0.6) is 0 Å². The Labute approximate surface area is 156 Å². The van der Waals surface area contributed by atoms with Gasteiger partial charge in [-0.15, -0.1) is 0 Å². The van der Waals surface area contributed by atoms with Crippen LogP contribution in [0.15, 0.2) is 66.9 Å². The van der Waals surface area contributed by atoms with Crippen LogP contribution in [-0.4, -0.2) is 16.7 Å². The summed E-state index contributed by atoms with van der Waals surface area (Å²) in [7, 11) is 0. The molecule has 0 aliphatic carbocycles. The molecule has 3 aromatic rings. The summed E-state index contributed by atoms with van der Waals surface area (Å²) in [6.07, 6.45) is 1.71. The van der Waals surface area contributed by atoms with Crippen LogP contribution in [0, 0.1) is 5.82 Å². The van der Waals surface area contributed by atoms with E-state index < -0.39 is 0 Å². The summed E-state index contributed by atoms with van der Waals surface area (Å²) in [4.78, 5) is 27.6. The molecule has 27 heavy (non-hydrogen) atoms. The van der Waals surface area contributed by atoms with Crippen LogP contribution in [0.4, 0.5) is 21.6 Å². The Kier molecular flexibility index (Phi) is 5.56. The number of pyridine rings is 1. The number of anilines is 3. The van der Waals surface area contributed by atoms with Gasteiger partial charge in [0.2, 0.25) is 5.91 Å². The molecule has 5 nitrogen and oxygen atoms in total. The first-order valence-electron chi connectivity index (χ1n) is 8.38. The number of nitrogens with one attached hydrogen (secondary N) is 2. The van der Waals surface area contributed by atoms with E-state index in [4.69, 9.17) is 0 Å². The highest BCUT2D eigenvalue weighted by molar-refractivity contribution is 5.94. The maximum Gasteiger partial charge on any atom is 0.228 e. The number of amides is 1. The molecule has 0 saturated carbocycles. The van der Waals surface area contributed by atoms with Crippen LogP contribution in [0.2, 0.25) is 0 Å². The molecule has 0 aliphatic rings. The molecule has 136 valence electrons. The number of Topliss-reactive ketones (excluding diaryl/α,β-unsaturated/α-hetero) is 1. The predicted octanol–water partition coefficient (Wildman–Crippen LogP) is 4.35. The SMILES string of the molecule is CC(=O)c1ccc(Nc2ccc(NC(=O)Cc3ccc(F)cc3)cn2)cc1. The lowest BCUT2D eigenvalue weighted by molar-refractivity contribution is -0.115. The number of benzene rings is 2. The molecular weight excluding hydrogens is 345 g/mol. The van der Waals surface area contributed by atoms with Gasteiger partial charge in [0.05, 0.1) is 18.3 Å². The summed E-state index contributed by atoms with van der Waals surface area (Å²) in [6, 6.07) is 16.4. The molecule has 1 aromatic heterocycles. The van der Waals surface area contributed by atoms with Crippen molar-refractivity contribution >= 4 is 28.9 Å². The van der Waals surface area contributed by atoms with E-state index in [1.807, 2.05) is 0 Å². The Morgan fingerprint density at radius 2 is 1.59 bits per heavy atom. The topological polar surface area (TPSA) is 71.1 Å². The lowest BCUT2D eigenvalue weighted by Crippen LogP contribution is -2.14. The van der Waals surface area contributed by atoms with E-state index in [0.29, 0.717) is 17.1 Å². The van der Waals surface area contributed by atoms with Crippen molar-refractivity contribution in [1.82, 2.24) is 4.98 Å². The lowest BCUT2D eigenvalue weighted by Gasteiger charge is -2.08. The number of aromatic nitrogens is 1. The number of halogens is 1. The first-order valence-corrected chi connectivity index (χ1v) is 8.38. The van der Waals surface area contributed by atoms with Crippen molar-refractivity contribution in [3.63, 3.8) is 0 Å². The maximum absolute atomic E-state index is 12.9. The molecule has 1 heterocycles. The molecule has 0 fully saturated rings. The standard InChI is InChI=1S/C21H18FN3O2/c1-14(26)16-4-8-18(9-5-16)24-20-11-10-19(13-23-20)25-21(27)12-15-2-6-17(22)7-3-15/h2-11,13H,12H2,1H3,(H,23,24)(H,25,27). The summed E-state index contributed by atoms with van der Waals surface area (Å²) in [5.74, 6) is 0.0915. The number of rotatable bonds is 6. The van der Waals surface area contributed by atoms with E-state index in [1.54, 1.807) is 54.7 Å². The third-order valence-electron chi connectivity index (χ3n) is 3.89. The second-order valence-electron chi connectivity index (χ2n) is 6.04. The van der Waals surface area contributed by atoms with Crippen molar-refractivity contribution < 1.29 is 14.0 Å². The summed E-state index contributed by atoms with van der Waals surface area (Å²) in [5.41, 5.74) is 2.75. The van der Waals surface area contributed by atoms with Crippen LogP contribution < -0.4 is 10.6 Å². The fraction of sp³-hybridized carbons (Fsp3) is 0.0952. The monoisotopic (exact) mass is 363 g/mol. The van der Waals surface area contributed by atoms with Gasteiger partial charge in [0.15, 0.2) is 5.78 Å². The third-order valence-corrected chi connectivity index (χ3v) is 3.89. The minimum absolute atomic E-state index is 0.0143. The van der Waals surface area contributed by atoms with Crippen molar-refractivity contribution in [1.29, 1.82) is 0 Å². The van der Waals surface area contributed by atoms with E-state index in [-0.39, 0.29) is 23.9 Å². The quantitative estimate of drug-likeness (QED) is 0.639. The second kappa shape index (κ2) is 8.23. The first-order chi connectivity index (χ1) is 13.0. The minimum Gasteiger partial charge on any atom is -0.340 e. The molecule has 0 radical (unpaired) electrons. The van der Waals surface area contributed by atoms with Gasteiger partial charge >= 0.3 is 0 Å². The van der Waals surface area contributed by atoms with Gasteiger partial charge in [0.1, 0.15) is 11.6 Å². The Bertz CT molecular complexity index is 937. The van der Waals surface area contributed by atoms with E-state index in [1.165, 1.54) is 19.1 Å². The van der Waals surface area contributed by atoms with E-state index in [9.17, 15) is 14.0 Å². The molecule has 0 bridgehead atoms. The predicted molar refractivity (Wildman–Crippen MR) is 103 cm³/mol. The largest absolute Gasteiger partial charge is 0.340 e. The van der Waals surface area contributed by atoms with E-state index >= 15 is 0 Å². The molecule has 2 N–H and O–H groups in total. The van der Waals surface area contributed by atoms with Gasteiger partial charge in [-0.05, 0) is 61.0 Å². The molecule has 0 aliphatic heterocycles. The highest BCUT2D eigenvalue weighted by Crippen LogP contribution is 2.17. The lowest BCUT2D eigenvalue weighted by atomic mass is 10.1. The molecule has 0 saturated heterocycles. The van der Waals surface area contributed by atoms with Crippen molar-refractivity contribution in [3.8, 4) is 0 Å². The number of carbonyl (C=O) groups is 2. The van der Waals surface area contributed by atoms with E-state index in [0.717, 1.165) is 11.3 Å². The fourth-order valence-electron chi connectivity index (χ4n) is 2.47. The smallest absolute Gasteiger partial charge is 0.228 e. The molecule has 3 rings (SSSR count). The molecule has 2 aromatic carbocycles. The van der Waals surface area contributed by atoms with Crippen molar-refractivity contribution in [3.05, 3.63) is 83.8 Å². The third kappa shape index (κ3) is 5.22. The number of carbonyl (C=O) groups excluding carboxylic acids is 2. The number of hydrogen-bond acceptors (Lipinski definition) is 4. The molecule has 0 unspecified atom stereocenters.